The second-order valence-corrected chi connectivity index (χ2v) is 7.73. The maximum atomic E-state index is 13.0. The maximum Gasteiger partial charge on any atom is 0.270 e. The molecule has 8 nitrogen and oxygen atoms in total. The highest BCUT2D eigenvalue weighted by molar-refractivity contribution is 6.08. The van der Waals surface area contributed by atoms with E-state index in [1.165, 1.54) is 12.1 Å². The number of benzene rings is 2. The number of amides is 2. The van der Waals surface area contributed by atoms with E-state index < -0.39 is 4.92 Å². The van der Waals surface area contributed by atoms with Gasteiger partial charge in [-0.1, -0.05) is 12.1 Å². The van der Waals surface area contributed by atoms with Crippen LogP contribution in [0.15, 0.2) is 42.5 Å². The van der Waals surface area contributed by atoms with Crippen LogP contribution < -0.4 is 10.2 Å². The van der Waals surface area contributed by atoms with Crippen LogP contribution in [0.1, 0.15) is 41.6 Å². The van der Waals surface area contributed by atoms with Gasteiger partial charge in [0.15, 0.2) is 0 Å². The molecule has 8 heteroatoms. The molecule has 0 aliphatic carbocycles. The van der Waals surface area contributed by atoms with Crippen molar-refractivity contribution in [1.82, 2.24) is 4.90 Å². The van der Waals surface area contributed by atoms with E-state index in [1.54, 1.807) is 12.1 Å². The highest BCUT2D eigenvalue weighted by atomic mass is 16.6. The first kappa shape index (κ1) is 19.9. The fraction of sp³-hybridized carbons (Fsp3) is 0.364. The third-order valence-electron chi connectivity index (χ3n) is 5.61. The molecule has 0 bridgehead atoms. The molecule has 4 rings (SSSR count). The highest BCUT2D eigenvalue weighted by Gasteiger charge is 2.23. The Kier molecular flexibility index (Phi) is 5.65. The lowest BCUT2D eigenvalue weighted by atomic mass is 10.1. The van der Waals surface area contributed by atoms with Crippen molar-refractivity contribution in [3.8, 4) is 0 Å². The molecule has 0 aromatic heterocycles. The van der Waals surface area contributed by atoms with E-state index in [9.17, 15) is 19.7 Å². The minimum Gasteiger partial charge on any atom is -0.371 e. The third kappa shape index (κ3) is 4.27. The summed E-state index contributed by atoms with van der Waals surface area (Å²) in [6, 6.07) is 11.8. The van der Waals surface area contributed by atoms with Crippen LogP contribution in [0.2, 0.25) is 0 Å². The standard InChI is InChI=1S/C22H24N4O4/c27-21-7-4-12-25(21)15-16-5-3-6-17(13-16)23-22(28)19-14-18(26(29)30)8-9-20(19)24-10-1-2-11-24/h3,5-6,8-9,13-14H,1-2,4,7,10-12,15H2,(H,23,28). The van der Waals surface area contributed by atoms with E-state index in [2.05, 4.69) is 10.2 Å². The number of likely N-dealkylation sites (tertiary alicyclic amines) is 1. The van der Waals surface area contributed by atoms with Crippen molar-refractivity contribution >= 4 is 28.9 Å². The summed E-state index contributed by atoms with van der Waals surface area (Å²) < 4.78 is 0. The average molecular weight is 408 g/mol. The van der Waals surface area contributed by atoms with E-state index in [0.717, 1.165) is 50.1 Å². The summed E-state index contributed by atoms with van der Waals surface area (Å²) in [7, 11) is 0. The van der Waals surface area contributed by atoms with Crippen molar-refractivity contribution < 1.29 is 14.5 Å². The van der Waals surface area contributed by atoms with Crippen molar-refractivity contribution in [2.24, 2.45) is 0 Å². The van der Waals surface area contributed by atoms with Crippen LogP contribution >= 0.6 is 0 Å². The van der Waals surface area contributed by atoms with Crippen LogP contribution in [0.5, 0.6) is 0 Å². The molecular weight excluding hydrogens is 384 g/mol. The monoisotopic (exact) mass is 408 g/mol. The molecule has 2 aromatic carbocycles. The van der Waals surface area contributed by atoms with E-state index in [0.29, 0.717) is 24.2 Å². The predicted molar refractivity (Wildman–Crippen MR) is 114 cm³/mol. The van der Waals surface area contributed by atoms with Gasteiger partial charge >= 0.3 is 0 Å². The number of nitrogens with one attached hydrogen (secondary N) is 1. The van der Waals surface area contributed by atoms with Gasteiger partial charge in [0, 0.05) is 50.4 Å². The molecule has 30 heavy (non-hydrogen) atoms. The van der Waals surface area contributed by atoms with E-state index in [1.807, 2.05) is 23.1 Å². The number of hydrogen-bond acceptors (Lipinski definition) is 5. The molecule has 0 atom stereocenters. The molecule has 2 aliphatic rings. The number of non-ortho nitro benzene ring substituents is 1. The molecule has 2 heterocycles. The zero-order chi connectivity index (χ0) is 21.1. The van der Waals surface area contributed by atoms with Crippen molar-refractivity contribution in [2.75, 3.05) is 29.9 Å². The van der Waals surface area contributed by atoms with Gasteiger partial charge in [0.25, 0.3) is 11.6 Å². The number of nitro benzene ring substituents is 1. The molecular formula is C22H24N4O4. The first-order valence-corrected chi connectivity index (χ1v) is 10.2. The zero-order valence-electron chi connectivity index (χ0n) is 16.7. The minimum absolute atomic E-state index is 0.107. The highest BCUT2D eigenvalue weighted by Crippen LogP contribution is 2.29. The number of hydrogen-bond donors (Lipinski definition) is 1. The number of carbonyl (C=O) groups is 2. The van der Waals surface area contributed by atoms with Crippen molar-refractivity contribution in [1.29, 1.82) is 0 Å². The Hall–Kier alpha value is -3.42. The third-order valence-corrected chi connectivity index (χ3v) is 5.61. The van der Waals surface area contributed by atoms with Crippen LogP contribution in [-0.4, -0.2) is 41.3 Å². The Morgan fingerprint density at radius 1 is 1.07 bits per heavy atom. The van der Waals surface area contributed by atoms with Crippen molar-refractivity contribution in [3.63, 3.8) is 0 Å². The summed E-state index contributed by atoms with van der Waals surface area (Å²) in [6.45, 7) is 2.93. The fourth-order valence-corrected chi connectivity index (χ4v) is 4.09. The van der Waals surface area contributed by atoms with Gasteiger partial charge in [-0.2, -0.15) is 0 Å². The van der Waals surface area contributed by atoms with E-state index in [4.69, 9.17) is 0 Å². The van der Waals surface area contributed by atoms with Crippen molar-refractivity contribution in [2.45, 2.75) is 32.2 Å². The van der Waals surface area contributed by atoms with Gasteiger partial charge in [0.1, 0.15) is 0 Å². The smallest absolute Gasteiger partial charge is 0.270 e. The zero-order valence-corrected chi connectivity index (χ0v) is 16.7. The van der Waals surface area contributed by atoms with E-state index in [-0.39, 0.29) is 17.5 Å². The van der Waals surface area contributed by atoms with Crippen LogP contribution in [0.3, 0.4) is 0 Å². The summed E-state index contributed by atoms with van der Waals surface area (Å²) in [5.74, 6) is -0.230. The Morgan fingerprint density at radius 3 is 2.57 bits per heavy atom. The normalized spacial score (nSPS) is 16.2. The number of nitro groups is 1. The van der Waals surface area contributed by atoms with Crippen LogP contribution in [0, 0.1) is 10.1 Å². The molecule has 2 aromatic rings. The average Bonchev–Trinajstić information content (AvgIpc) is 3.40. The summed E-state index contributed by atoms with van der Waals surface area (Å²) in [6.07, 6.45) is 3.54. The SMILES string of the molecule is O=C(Nc1cccc(CN2CCCC2=O)c1)c1cc([N+](=O)[O-])ccc1N1CCCC1. The molecule has 0 radical (unpaired) electrons. The Labute approximate surface area is 174 Å². The predicted octanol–water partition coefficient (Wildman–Crippen LogP) is 3.57. The number of anilines is 2. The molecule has 2 amide bonds. The second-order valence-electron chi connectivity index (χ2n) is 7.73. The van der Waals surface area contributed by atoms with Crippen LogP contribution in [0.4, 0.5) is 17.1 Å². The number of nitrogens with zero attached hydrogens (tertiary/aromatic N) is 3. The molecule has 156 valence electrons. The van der Waals surface area contributed by atoms with Gasteiger partial charge in [-0.25, -0.2) is 0 Å². The van der Waals surface area contributed by atoms with Gasteiger partial charge in [0.05, 0.1) is 16.2 Å². The molecule has 2 aliphatic heterocycles. The van der Waals surface area contributed by atoms with Gasteiger partial charge in [-0.15, -0.1) is 0 Å². The minimum atomic E-state index is -0.488. The van der Waals surface area contributed by atoms with Gasteiger partial charge < -0.3 is 15.1 Å². The number of rotatable bonds is 6. The summed E-state index contributed by atoms with van der Waals surface area (Å²) >= 11 is 0. The topological polar surface area (TPSA) is 95.8 Å². The van der Waals surface area contributed by atoms with Gasteiger partial charge in [0.2, 0.25) is 5.91 Å². The second kappa shape index (κ2) is 8.52. The lowest BCUT2D eigenvalue weighted by molar-refractivity contribution is -0.384. The summed E-state index contributed by atoms with van der Waals surface area (Å²) in [5.41, 5.74) is 2.44. The van der Waals surface area contributed by atoms with Gasteiger partial charge in [-0.05, 0) is 43.0 Å². The van der Waals surface area contributed by atoms with Crippen LogP contribution in [0.25, 0.3) is 0 Å². The Morgan fingerprint density at radius 2 is 1.87 bits per heavy atom. The Bertz CT molecular complexity index is 985. The maximum absolute atomic E-state index is 13.0. The molecule has 2 saturated heterocycles. The molecule has 2 fully saturated rings. The molecule has 0 spiro atoms. The van der Waals surface area contributed by atoms with E-state index >= 15 is 0 Å². The number of carbonyl (C=O) groups excluding carboxylic acids is 2. The lowest BCUT2D eigenvalue weighted by Crippen LogP contribution is -2.24. The molecule has 0 saturated carbocycles. The lowest BCUT2D eigenvalue weighted by Gasteiger charge is -2.21. The summed E-state index contributed by atoms with van der Waals surface area (Å²) in [5, 5.41) is 14.1. The molecule has 1 N–H and O–H groups in total. The molecule has 0 unspecified atom stereocenters. The van der Waals surface area contributed by atoms with Gasteiger partial charge in [-0.3, -0.25) is 19.7 Å². The first-order chi connectivity index (χ1) is 14.5. The van der Waals surface area contributed by atoms with Crippen LogP contribution in [-0.2, 0) is 11.3 Å². The fourth-order valence-electron chi connectivity index (χ4n) is 4.09. The quantitative estimate of drug-likeness (QED) is 0.582. The largest absolute Gasteiger partial charge is 0.371 e. The van der Waals surface area contributed by atoms with Crippen molar-refractivity contribution in [3.05, 3.63) is 63.7 Å². The Balaban J connectivity index is 1.56. The first-order valence-electron chi connectivity index (χ1n) is 10.2. The summed E-state index contributed by atoms with van der Waals surface area (Å²) in [4.78, 5) is 39.6.